The standard InChI is InChI=1S/C9H19O5PS/c1-4-12-9(10)7-16-8-15(11,13-5-2)14-6-3/h4-8H2,1-3H3. The molecule has 0 saturated heterocycles. The molecular weight excluding hydrogens is 251 g/mol. The maximum absolute atomic E-state index is 11.9. The average Bonchev–Trinajstić information content (AvgIpc) is 2.18. The van der Waals surface area contributed by atoms with E-state index in [2.05, 4.69) is 0 Å². The SMILES string of the molecule is CCOC(=O)CSCP(=O)(OCC)OCC. The number of rotatable bonds is 9. The van der Waals surface area contributed by atoms with Crippen LogP contribution >= 0.6 is 19.4 Å². The van der Waals surface area contributed by atoms with E-state index in [0.717, 1.165) is 0 Å². The zero-order chi connectivity index (χ0) is 12.4. The van der Waals surface area contributed by atoms with E-state index in [4.69, 9.17) is 13.8 Å². The predicted octanol–water partition coefficient (Wildman–Crippen LogP) is 2.51. The molecule has 0 aromatic carbocycles. The van der Waals surface area contributed by atoms with Crippen molar-refractivity contribution in [3.05, 3.63) is 0 Å². The largest absolute Gasteiger partial charge is 0.465 e. The molecule has 0 aromatic heterocycles. The molecule has 0 aliphatic heterocycles. The monoisotopic (exact) mass is 270 g/mol. The summed E-state index contributed by atoms with van der Waals surface area (Å²) in [5.74, 6) is -0.148. The van der Waals surface area contributed by atoms with Crippen molar-refractivity contribution in [3.8, 4) is 0 Å². The molecule has 0 heterocycles. The number of carbonyl (C=O) groups is 1. The first-order valence-corrected chi connectivity index (χ1v) is 8.07. The lowest BCUT2D eigenvalue weighted by atomic mass is 10.8. The molecule has 0 amide bonds. The summed E-state index contributed by atoms with van der Waals surface area (Å²) in [6.07, 6.45) is 0. The van der Waals surface area contributed by atoms with Gasteiger partial charge in [0.25, 0.3) is 0 Å². The summed E-state index contributed by atoms with van der Waals surface area (Å²) in [5.41, 5.74) is 0.174. The van der Waals surface area contributed by atoms with Crippen molar-refractivity contribution in [2.75, 3.05) is 31.1 Å². The molecule has 0 aromatic rings. The molecule has 0 spiro atoms. The maximum Gasteiger partial charge on any atom is 0.340 e. The van der Waals surface area contributed by atoms with Crippen molar-refractivity contribution in [1.29, 1.82) is 0 Å². The van der Waals surface area contributed by atoms with Gasteiger partial charge in [-0.2, -0.15) is 0 Å². The Morgan fingerprint density at radius 2 is 1.69 bits per heavy atom. The van der Waals surface area contributed by atoms with Crippen LogP contribution in [0.15, 0.2) is 0 Å². The molecule has 0 atom stereocenters. The van der Waals surface area contributed by atoms with Gasteiger partial charge in [-0.15, -0.1) is 11.8 Å². The number of esters is 1. The lowest BCUT2D eigenvalue weighted by molar-refractivity contribution is -0.139. The summed E-state index contributed by atoms with van der Waals surface area (Å²) in [6.45, 7) is 6.26. The highest BCUT2D eigenvalue weighted by Crippen LogP contribution is 2.50. The minimum absolute atomic E-state index is 0.165. The van der Waals surface area contributed by atoms with Crippen LogP contribution in [0.4, 0.5) is 0 Å². The predicted molar refractivity (Wildman–Crippen MR) is 64.8 cm³/mol. The van der Waals surface area contributed by atoms with Crippen LogP contribution in [-0.2, 0) is 23.1 Å². The molecule has 0 rings (SSSR count). The van der Waals surface area contributed by atoms with Crippen LogP contribution in [0, 0.1) is 0 Å². The van der Waals surface area contributed by atoms with Crippen LogP contribution in [0.25, 0.3) is 0 Å². The zero-order valence-corrected chi connectivity index (χ0v) is 11.6. The third-order valence-corrected chi connectivity index (χ3v) is 5.16. The summed E-state index contributed by atoms with van der Waals surface area (Å²) in [7, 11) is -3.04. The van der Waals surface area contributed by atoms with Gasteiger partial charge in [0.15, 0.2) is 0 Å². The van der Waals surface area contributed by atoms with Gasteiger partial charge in [0.05, 0.1) is 31.1 Å². The summed E-state index contributed by atoms with van der Waals surface area (Å²) in [4.78, 5) is 11.0. The van der Waals surface area contributed by atoms with E-state index in [0.29, 0.717) is 19.8 Å². The third kappa shape index (κ3) is 7.28. The first-order valence-electron chi connectivity index (χ1n) is 5.19. The Hall–Kier alpha value is -0.0300. The number of hydrogen-bond donors (Lipinski definition) is 0. The molecule has 0 bridgehead atoms. The molecule has 0 radical (unpaired) electrons. The smallest absolute Gasteiger partial charge is 0.340 e. The van der Waals surface area contributed by atoms with E-state index in [1.54, 1.807) is 20.8 Å². The Morgan fingerprint density at radius 3 is 2.12 bits per heavy atom. The second-order valence-corrected chi connectivity index (χ2v) is 6.20. The van der Waals surface area contributed by atoms with E-state index >= 15 is 0 Å². The fourth-order valence-corrected chi connectivity index (χ4v) is 3.92. The zero-order valence-electron chi connectivity index (χ0n) is 9.93. The topological polar surface area (TPSA) is 61.8 Å². The summed E-state index contributed by atoms with van der Waals surface area (Å²) < 4.78 is 26.8. The quantitative estimate of drug-likeness (QED) is 0.474. The van der Waals surface area contributed by atoms with Crippen molar-refractivity contribution in [3.63, 3.8) is 0 Å². The van der Waals surface area contributed by atoms with Crippen LogP contribution in [0.5, 0.6) is 0 Å². The van der Waals surface area contributed by atoms with E-state index in [1.165, 1.54) is 11.8 Å². The van der Waals surface area contributed by atoms with Gasteiger partial charge in [0, 0.05) is 0 Å². The molecule has 0 aliphatic rings. The second-order valence-electron chi connectivity index (χ2n) is 2.73. The lowest BCUT2D eigenvalue weighted by Crippen LogP contribution is -2.08. The van der Waals surface area contributed by atoms with Gasteiger partial charge in [-0.05, 0) is 20.8 Å². The second kappa shape index (κ2) is 9.05. The number of carbonyl (C=O) groups excluding carboxylic acids is 1. The summed E-state index contributed by atoms with van der Waals surface area (Å²) in [6, 6.07) is 0. The van der Waals surface area contributed by atoms with Crippen molar-refractivity contribution in [2.45, 2.75) is 20.8 Å². The molecule has 96 valence electrons. The minimum atomic E-state index is -3.04. The highest BCUT2D eigenvalue weighted by molar-refractivity contribution is 8.05. The van der Waals surface area contributed by atoms with Crippen molar-refractivity contribution in [1.82, 2.24) is 0 Å². The van der Waals surface area contributed by atoms with E-state index in [1.807, 2.05) is 0 Å². The van der Waals surface area contributed by atoms with Gasteiger partial charge in [-0.25, -0.2) is 0 Å². The molecular formula is C9H19O5PS. The Bertz CT molecular complexity index is 236. The van der Waals surface area contributed by atoms with Crippen molar-refractivity contribution in [2.24, 2.45) is 0 Å². The molecule has 0 fully saturated rings. The highest BCUT2D eigenvalue weighted by atomic mass is 32.2. The van der Waals surface area contributed by atoms with E-state index in [9.17, 15) is 9.36 Å². The van der Waals surface area contributed by atoms with Crippen LogP contribution in [-0.4, -0.2) is 37.0 Å². The maximum atomic E-state index is 11.9. The van der Waals surface area contributed by atoms with Gasteiger partial charge in [0.1, 0.15) is 0 Å². The van der Waals surface area contributed by atoms with E-state index < -0.39 is 7.60 Å². The van der Waals surface area contributed by atoms with E-state index in [-0.39, 0.29) is 17.2 Å². The minimum Gasteiger partial charge on any atom is -0.465 e. The molecule has 16 heavy (non-hydrogen) atoms. The molecule has 0 unspecified atom stereocenters. The van der Waals surface area contributed by atoms with Crippen LogP contribution in [0.1, 0.15) is 20.8 Å². The van der Waals surface area contributed by atoms with Gasteiger partial charge in [0.2, 0.25) is 0 Å². The molecule has 0 saturated carbocycles. The molecule has 0 N–H and O–H groups in total. The number of hydrogen-bond acceptors (Lipinski definition) is 6. The van der Waals surface area contributed by atoms with Crippen LogP contribution < -0.4 is 0 Å². The lowest BCUT2D eigenvalue weighted by Gasteiger charge is -2.16. The van der Waals surface area contributed by atoms with Gasteiger partial charge < -0.3 is 13.8 Å². The molecule has 5 nitrogen and oxygen atoms in total. The van der Waals surface area contributed by atoms with Crippen LogP contribution in [0.3, 0.4) is 0 Å². The Kier molecular flexibility index (Phi) is 9.03. The van der Waals surface area contributed by atoms with Crippen molar-refractivity contribution < 1.29 is 23.1 Å². The normalized spacial score (nSPS) is 11.4. The Labute approximate surface area is 101 Å². The molecule has 0 aliphatic carbocycles. The Morgan fingerprint density at radius 1 is 1.12 bits per heavy atom. The first-order chi connectivity index (χ1) is 7.58. The van der Waals surface area contributed by atoms with Crippen molar-refractivity contribution >= 4 is 25.3 Å². The fourth-order valence-electron chi connectivity index (χ4n) is 0.949. The van der Waals surface area contributed by atoms with Gasteiger partial charge in [-0.1, -0.05) is 0 Å². The fraction of sp³-hybridized carbons (Fsp3) is 0.889. The van der Waals surface area contributed by atoms with Gasteiger partial charge in [-0.3, -0.25) is 9.36 Å². The van der Waals surface area contributed by atoms with Crippen LogP contribution in [0.2, 0.25) is 0 Å². The summed E-state index contributed by atoms with van der Waals surface area (Å²) in [5, 5.41) is 0. The average molecular weight is 270 g/mol. The van der Waals surface area contributed by atoms with Gasteiger partial charge >= 0.3 is 13.6 Å². The third-order valence-electron chi connectivity index (χ3n) is 1.43. The number of thioether (sulfide) groups is 1. The summed E-state index contributed by atoms with van der Waals surface area (Å²) >= 11 is 1.20. The molecule has 7 heteroatoms. The number of ether oxygens (including phenoxy) is 1. The first kappa shape index (κ1) is 16.0. The highest BCUT2D eigenvalue weighted by Gasteiger charge is 2.23. The Balaban J connectivity index is 3.93.